The minimum Gasteiger partial charge on any atom is -0.468 e. The molecule has 1 aromatic carbocycles. The Labute approximate surface area is 114 Å². The van der Waals surface area contributed by atoms with Gasteiger partial charge in [0.15, 0.2) is 0 Å². The van der Waals surface area contributed by atoms with E-state index in [0.29, 0.717) is 0 Å². The van der Waals surface area contributed by atoms with Gasteiger partial charge in [-0.1, -0.05) is 32.9 Å². The van der Waals surface area contributed by atoms with Gasteiger partial charge in [-0.05, 0) is 30.0 Å². The lowest BCUT2D eigenvalue weighted by Crippen LogP contribution is -2.43. The maximum Gasteiger partial charge on any atom is 0.323 e. The molecule has 19 heavy (non-hydrogen) atoms. The van der Waals surface area contributed by atoms with Crippen LogP contribution in [0.4, 0.5) is 4.39 Å². The van der Waals surface area contributed by atoms with E-state index in [9.17, 15) is 9.18 Å². The van der Waals surface area contributed by atoms with E-state index in [1.807, 2.05) is 26.8 Å². The third-order valence-corrected chi connectivity index (χ3v) is 3.16. The van der Waals surface area contributed by atoms with Gasteiger partial charge in [0.25, 0.3) is 0 Å². The summed E-state index contributed by atoms with van der Waals surface area (Å²) in [5.41, 5.74) is 0.844. The molecule has 1 aromatic rings. The average molecular weight is 267 g/mol. The van der Waals surface area contributed by atoms with Crippen molar-refractivity contribution in [2.24, 2.45) is 5.92 Å². The van der Waals surface area contributed by atoms with Crippen molar-refractivity contribution in [3.8, 4) is 0 Å². The second-order valence-corrected chi connectivity index (χ2v) is 4.93. The number of esters is 1. The molecule has 0 fully saturated rings. The highest BCUT2D eigenvalue weighted by atomic mass is 19.1. The fraction of sp³-hybridized carbons (Fsp3) is 0.533. The van der Waals surface area contributed by atoms with Crippen LogP contribution in [0.1, 0.15) is 38.8 Å². The minimum absolute atomic E-state index is 0.0674. The van der Waals surface area contributed by atoms with Crippen molar-refractivity contribution < 1.29 is 13.9 Å². The fourth-order valence-electron chi connectivity index (χ4n) is 2.05. The van der Waals surface area contributed by atoms with Crippen molar-refractivity contribution in [2.45, 2.75) is 39.3 Å². The highest BCUT2D eigenvalue weighted by molar-refractivity contribution is 5.76. The molecule has 2 atom stereocenters. The number of rotatable bonds is 6. The van der Waals surface area contributed by atoms with Crippen LogP contribution in [0.2, 0.25) is 0 Å². The van der Waals surface area contributed by atoms with Crippen LogP contribution in [-0.2, 0) is 9.53 Å². The number of carbonyl (C=O) groups excluding carboxylic acids is 1. The molecule has 0 amide bonds. The van der Waals surface area contributed by atoms with Gasteiger partial charge in [0.05, 0.1) is 7.11 Å². The summed E-state index contributed by atoms with van der Waals surface area (Å²) in [4.78, 5) is 11.7. The molecular formula is C15H22FNO2. The summed E-state index contributed by atoms with van der Waals surface area (Å²) >= 11 is 0. The highest BCUT2D eigenvalue weighted by Gasteiger charge is 2.25. The van der Waals surface area contributed by atoms with E-state index in [1.54, 1.807) is 6.07 Å². The topological polar surface area (TPSA) is 38.3 Å². The molecule has 1 rings (SSSR count). The lowest BCUT2D eigenvalue weighted by molar-refractivity contribution is -0.144. The fourth-order valence-corrected chi connectivity index (χ4v) is 2.05. The summed E-state index contributed by atoms with van der Waals surface area (Å²) in [5, 5.41) is 3.26. The van der Waals surface area contributed by atoms with Crippen LogP contribution in [0.5, 0.6) is 0 Å². The zero-order chi connectivity index (χ0) is 14.4. The Morgan fingerprint density at radius 1 is 1.42 bits per heavy atom. The summed E-state index contributed by atoms with van der Waals surface area (Å²) in [5.74, 6) is -0.447. The average Bonchev–Trinajstić information content (AvgIpc) is 2.38. The number of hydrogen-bond acceptors (Lipinski definition) is 3. The molecule has 0 saturated heterocycles. The third-order valence-electron chi connectivity index (χ3n) is 3.16. The minimum atomic E-state index is -0.391. The zero-order valence-electron chi connectivity index (χ0n) is 11.9. The maximum atomic E-state index is 13.3. The number of nitrogens with one attached hydrogen (secondary N) is 1. The van der Waals surface area contributed by atoms with Gasteiger partial charge >= 0.3 is 5.97 Å². The Morgan fingerprint density at radius 2 is 2.11 bits per heavy atom. The standard InChI is InChI=1S/C15H22FNO2/c1-5-13(11-7-6-8-12(16)9-11)17-14(10(2)3)15(18)19-4/h6-10,13-14,17H,5H2,1-4H3/t13?,14-/m0/s1. The van der Waals surface area contributed by atoms with Gasteiger partial charge in [0.1, 0.15) is 11.9 Å². The van der Waals surface area contributed by atoms with Gasteiger partial charge in [-0.2, -0.15) is 0 Å². The number of carbonyl (C=O) groups is 1. The largest absolute Gasteiger partial charge is 0.468 e. The summed E-state index contributed by atoms with van der Waals surface area (Å²) in [6.07, 6.45) is 0.768. The zero-order valence-corrected chi connectivity index (χ0v) is 11.9. The summed E-state index contributed by atoms with van der Waals surface area (Å²) in [6.45, 7) is 5.90. The first-order valence-electron chi connectivity index (χ1n) is 6.58. The number of halogens is 1. The van der Waals surface area contributed by atoms with E-state index >= 15 is 0 Å². The first-order valence-corrected chi connectivity index (χ1v) is 6.58. The molecule has 0 aliphatic rings. The number of methoxy groups -OCH3 is 1. The number of hydrogen-bond donors (Lipinski definition) is 1. The van der Waals surface area contributed by atoms with Crippen molar-refractivity contribution in [3.63, 3.8) is 0 Å². The van der Waals surface area contributed by atoms with Crippen LogP contribution in [0.25, 0.3) is 0 Å². The summed E-state index contributed by atoms with van der Waals surface area (Å²) in [6, 6.07) is 5.99. The molecule has 1 N–H and O–H groups in total. The molecule has 0 radical (unpaired) electrons. The monoisotopic (exact) mass is 267 g/mol. The second kappa shape index (κ2) is 7.24. The summed E-state index contributed by atoms with van der Waals surface area (Å²) in [7, 11) is 1.38. The predicted octanol–water partition coefficient (Wildman–Crippen LogP) is 3.06. The van der Waals surface area contributed by atoms with Crippen molar-refractivity contribution in [3.05, 3.63) is 35.6 Å². The number of benzene rings is 1. The van der Waals surface area contributed by atoms with Crippen molar-refractivity contribution in [2.75, 3.05) is 7.11 Å². The van der Waals surface area contributed by atoms with Crippen LogP contribution in [0, 0.1) is 11.7 Å². The molecule has 0 aliphatic carbocycles. The van der Waals surface area contributed by atoms with Crippen molar-refractivity contribution in [1.29, 1.82) is 0 Å². The SMILES string of the molecule is CCC(N[C@H](C(=O)OC)C(C)C)c1cccc(F)c1. The third kappa shape index (κ3) is 4.31. The van der Waals surface area contributed by atoms with Crippen molar-refractivity contribution >= 4 is 5.97 Å². The van der Waals surface area contributed by atoms with Gasteiger partial charge in [-0.25, -0.2) is 4.39 Å². The molecule has 0 heterocycles. The van der Waals surface area contributed by atoms with Gasteiger partial charge < -0.3 is 4.74 Å². The van der Waals surface area contributed by atoms with Gasteiger partial charge in [-0.3, -0.25) is 10.1 Å². The Balaban J connectivity index is 2.88. The van der Waals surface area contributed by atoms with Crippen LogP contribution < -0.4 is 5.32 Å². The second-order valence-electron chi connectivity index (χ2n) is 4.93. The first-order chi connectivity index (χ1) is 8.99. The first kappa shape index (κ1) is 15.6. The van der Waals surface area contributed by atoms with Crippen LogP contribution in [0.3, 0.4) is 0 Å². The molecular weight excluding hydrogens is 245 g/mol. The molecule has 0 spiro atoms. The van der Waals surface area contributed by atoms with E-state index in [2.05, 4.69) is 5.32 Å². The lowest BCUT2D eigenvalue weighted by Gasteiger charge is -2.26. The van der Waals surface area contributed by atoms with Gasteiger partial charge in [0, 0.05) is 6.04 Å². The smallest absolute Gasteiger partial charge is 0.323 e. The molecule has 1 unspecified atom stereocenters. The van der Waals surface area contributed by atoms with E-state index in [1.165, 1.54) is 19.2 Å². The molecule has 0 aromatic heterocycles. The Kier molecular flexibility index (Phi) is 5.96. The Hall–Kier alpha value is -1.42. The lowest BCUT2D eigenvalue weighted by atomic mass is 9.99. The quantitative estimate of drug-likeness (QED) is 0.805. The summed E-state index contributed by atoms with van der Waals surface area (Å²) < 4.78 is 18.1. The number of ether oxygens (including phenoxy) is 1. The van der Waals surface area contributed by atoms with Gasteiger partial charge in [0.2, 0.25) is 0 Å². The maximum absolute atomic E-state index is 13.3. The van der Waals surface area contributed by atoms with Gasteiger partial charge in [-0.15, -0.1) is 0 Å². The normalized spacial score (nSPS) is 14.2. The Morgan fingerprint density at radius 3 is 2.58 bits per heavy atom. The molecule has 0 aliphatic heterocycles. The predicted molar refractivity (Wildman–Crippen MR) is 73.2 cm³/mol. The van der Waals surface area contributed by atoms with E-state index in [0.717, 1.165) is 12.0 Å². The molecule has 4 heteroatoms. The molecule has 106 valence electrons. The van der Waals surface area contributed by atoms with E-state index < -0.39 is 6.04 Å². The van der Waals surface area contributed by atoms with Crippen LogP contribution in [-0.4, -0.2) is 19.1 Å². The van der Waals surface area contributed by atoms with Crippen molar-refractivity contribution in [1.82, 2.24) is 5.32 Å². The molecule has 0 saturated carbocycles. The molecule has 0 bridgehead atoms. The van der Waals surface area contributed by atoms with E-state index in [4.69, 9.17) is 4.74 Å². The van der Waals surface area contributed by atoms with Crippen LogP contribution in [0.15, 0.2) is 24.3 Å². The highest BCUT2D eigenvalue weighted by Crippen LogP contribution is 2.20. The van der Waals surface area contributed by atoms with Crippen LogP contribution >= 0.6 is 0 Å². The van der Waals surface area contributed by atoms with E-state index in [-0.39, 0.29) is 23.7 Å². The Bertz CT molecular complexity index is 420. The molecule has 3 nitrogen and oxygen atoms in total.